The van der Waals surface area contributed by atoms with Crippen molar-refractivity contribution < 1.29 is 13.9 Å². The second-order valence-electron chi connectivity index (χ2n) is 4.85. The lowest BCUT2D eigenvalue weighted by molar-refractivity contribution is 0.0598. The van der Waals surface area contributed by atoms with Gasteiger partial charge in [-0.25, -0.2) is 9.78 Å². The number of hydrogen-bond acceptors (Lipinski definition) is 4. The smallest absolute Gasteiger partial charge is 0.341 e. The average molecular weight is 339 g/mol. The van der Waals surface area contributed by atoms with Crippen LogP contribution in [0.3, 0.4) is 0 Å². The first kappa shape index (κ1) is 13.4. The Bertz CT molecular complexity index is 645. The van der Waals surface area contributed by atoms with Crippen molar-refractivity contribution in [2.45, 2.75) is 32.2 Å². The minimum atomic E-state index is -0.386. The molecular weight excluding hydrogens is 324 g/mol. The van der Waals surface area contributed by atoms with Crippen LogP contribution in [0.25, 0.3) is 0 Å². The van der Waals surface area contributed by atoms with Crippen molar-refractivity contribution in [1.29, 1.82) is 0 Å². The Hall–Kier alpha value is -1.56. The molecule has 0 aromatic carbocycles. The lowest BCUT2D eigenvalue weighted by atomic mass is 10.0. The number of carbonyl (C=O) groups is 1. The predicted octanol–water partition coefficient (Wildman–Crippen LogP) is 2.95. The monoisotopic (exact) mass is 338 g/mol. The zero-order chi connectivity index (χ0) is 14.1. The third-order valence-electron chi connectivity index (χ3n) is 3.61. The predicted molar refractivity (Wildman–Crippen MR) is 75.7 cm³/mol. The third-order valence-corrected chi connectivity index (χ3v) is 4.00. The molecule has 0 atom stereocenters. The minimum absolute atomic E-state index is 0.386. The number of nitrogens with zero attached hydrogens (tertiary/aromatic N) is 2. The SMILES string of the molecule is COC(=O)c1cc(Br)oc1Cn1cnc2c1CCCC2. The fourth-order valence-electron chi connectivity index (χ4n) is 2.62. The maximum Gasteiger partial charge on any atom is 0.341 e. The van der Waals surface area contributed by atoms with Crippen LogP contribution in [0.2, 0.25) is 0 Å². The van der Waals surface area contributed by atoms with Crippen LogP contribution in [0, 0.1) is 0 Å². The van der Waals surface area contributed by atoms with Crippen molar-refractivity contribution in [3.05, 3.63) is 39.8 Å². The number of fused-ring (bicyclic) bond motifs is 1. The molecule has 0 aliphatic heterocycles. The molecule has 0 saturated carbocycles. The van der Waals surface area contributed by atoms with Gasteiger partial charge in [0.15, 0.2) is 4.67 Å². The van der Waals surface area contributed by atoms with Gasteiger partial charge >= 0.3 is 5.97 Å². The molecular formula is C14H15BrN2O3. The van der Waals surface area contributed by atoms with Crippen molar-refractivity contribution in [2.24, 2.45) is 0 Å². The van der Waals surface area contributed by atoms with E-state index in [2.05, 4.69) is 25.5 Å². The van der Waals surface area contributed by atoms with Gasteiger partial charge in [-0.05, 0) is 41.6 Å². The van der Waals surface area contributed by atoms with E-state index in [9.17, 15) is 4.79 Å². The van der Waals surface area contributed by atoms with E-state index in [1.54, 1.807) is 6.07 Å². The van der Waals surface area contributed by atoms with Crippen LogP contribution in [0.5, 0.6) is 0 Å². The number of esters is 1. The molecule has 106 valence electrons. The number of carbonyl (C=O) groups excluding carboxylic acids is 1. The van der Waals surface area contributed by atoms with Crippen molar-refractivity contribution >= 4 is 21.9 Å². The van der Waals surface area contributed by atoms with Gasteiger partial charge in [0.1, 0.15) is 11.3 Å². The summed E-state index contributed by atoms with van der Waals surface area (Å²) in [5, 5.41) is 0. The Balaban J connectivity index is 1.91. The van der Waals surface area contributed by atoms with E-state index in [0.29, 0.717) is 22.5 Å². The quantitative estimate of drug-likeness (QED) is 0.807. The van der Waals surface area contributed by atoms with Crippen molar-refractivity contribution in [2.75, 3.05) is 7.11 Å². The normalized spacial score (nSPS) is 14.1. The summed E-state index contributed by atoms with van der Waals surface area (Å²) in [6.07, 6.45) is 6.28. The van der Waals surface area contributed by atoms with Crippen molar-refractivity contribution in [1.82, 2.24) is 9.55 Å². The Kier molecular flexibility index (Phi) is 3.65. The lowest BCUT2D eigenvalue weighted by Crippen LogP contribution is -2.11. The number of aryl methyl sites for hydroxylation is 1. The molecule has 0 unspecified atom stereocenters. The fourth-order valence-corrected chi connectivity index (χ4v) is 3.04. The van der Waals surface area contributed by atoms with Crippen LogP contribution >= 0.6 is 15.9 Å². The first-order valence-corrected chi connectivity index (χ1v) is 7.37. The molecule has 6 heteroatoms. The van der Waals surface area contributed by atoms with Crippen molar-refractivity contribution in [3.63, 3.8) is 0 Å². The zero-order valence-corrected chi connectivity index (χ0v) is 12.8. The summed E-state index contributed by atoms with van der Waals surface area (Å²) in [6, 6.07) is 1.64. The summed E-state index contributed by atoms with van der Waals surface area (Å²) in [7, 11) is 1.37. The number of furan rings is 1. The van der Waals surface area contributed by atoms with Gasteiger partial charge < -0.3 is 13.7 Å². The van der Waals surface area contributed by atoms with Gasteiger partial charge in [-0.2, -0.15) is 0 Å². The second kappa shape index (κ2) is 5.44. The molecule has 0 saturated heterocycles. The number of methoxy groups -OCH3 is 1. The van der Waals surface area contributed by atoms with Crippen LogP contribution in [-0.2, 0) is 24.1 Å². The summed E-state index contributed by atoms with van der Waals surface area (Å²) in [4.78, 5) is 16.2. The van der Waals surface area contributed by atoms with Gasteiger partial charge in [-0.15, -0.1) is 0 Å². The highest BCUT2D eigenvalue weighted by Crippen LogP contribution is 2.25. The molecule has 1 aliphatic carbocycles. The Labute approximate surface area is 125 Å². The largest absolute Gasteiger partial charge is 0.465 e. The fraction of sp³-hybridized carbons (Fsp3) is 0.429. The van der Waals surface area contributed by atoms with E-state index in [4.69, 9.17) is 9.15 Å². The number of hydrogen-bond donors (Lipinski definition) is 0. The first-order chi connectivity index (χ1) is 9.69. The van der Waals surface area contributed by atoms with Crippen LogP contribution < -0.4 is 0 Å². The lowest BCUT2D eigenvalue weighted by Gasteiger charge is -2.13. The molecule has 5 nitrogen and oxygen atoms in total. The number of imidazole rings is 1. The molecule has 0 fully saturated rings. The summed E-state index contributed by atoms with van der Waals surface area (Å²) in [6.45, 7) is 0.498. The minimum Gasteiger partial charge on any atom is -0.465 e. The molecule has 0 spiro atoms. The summed E-state index contributed by atoms with van der Waals surface area (Å²) in [5.74, 6) is 0.206. The van der Waals surface area contributed by atoms with Crippen LogP contribution in [-0.4, -0.2) is 22.6 Å². The molecule has 20 heavy (non-hydrogen) atoms. The second-order valence-corrected chi connectivity index (χ2v) is 5.63. The molecule has 1 aliphatic rings. The van der Waals surface area contributed by atoms with Gasteiger partial charge in [0.2, 0.25) is 0 Å². The summed E-state index contributed by atoms with van der Waals surface area (Å²) < 4.78 is 12.9. The van der Waals surface area contributed by atoms with E-state index < -0.39 is 0 Å². The molecule has 0 radical (unpaired) electrons. The number of halogens is 1. The molecule has 3 rings (SSSR count). The highest BCUT2D eigenvalue weighted by molar-refractivity contribution is 9.10. The molecule has 2 aromatic rings. The molecule has 0 N–H and O–H groups in total. The molecule has 2 heterocycles. The third kappa shape index (κ3) is 2.40. The van der Waals surface area contributed by atoms with Gasteiger partial charge in [0.25, 0.3) is 0 Å². The highest BCUT2D eigenvalue weighted by Gasteiger charge is 2.21. The van der Waals surface area contributed by atoms with E-state index in [1.165, 1.54) is 31.3 Å². The number of ether oxygens (including phenoxy) is 1. The maximum atomic E-state index is 11.7. The highest BCUT2D eigenvalue weighted by atomic mass is 79.9. The molecule has 0 bridgehead atoms. The zero-order valence-electron chi connectivity index (χ0n) is 11.2. The first-order valence-electron chi connectivity index (χ1n) is 6.58. The van der Waals surface area contributed by atoms with E-state index in [-0.39, 0.29) is 5.97 Å². The van der Waals surface area contributed by atoms with Crippen molar-refractivity contribution in [3.8, 4) is 0 Å². The van der Waals surface area contributed by atoms with Crippen LogP contribution in [0.15, 0.2) is 21.5 Å². The standard InChI is InChI=1S/C14H15BrN2O3/c1-19-14(18)9-6-13(15)20-12(9)7-17-8-16-10-4-2-3-5-11(10)17/h6,8H,2-5,7H2,1H3. The van der Waals surface area contributed by atoms with E-state index in [0.717, 1.165) is 12.8 Å². The van der Waals surface area contributed by atoms with Crippen LogP contribution in [0.4, 0.5) is 0 Å². The van der Waals surface area contributed by atoms with Gasteiger partial charge in [-0.3, -0.25) is 0 Å². The topological polar surface area (TPSA) is 57.3 Å². The van der Waals surface area contributed by atoms with E-state index >= 15 is 0 Å². The Morgan fingerprint density at radius 2 is 2.30 bits per heavy atom. The van der Waals surface area contributed by atoms with E-state index in [1.807, 2.05) is 6.33 Å². The summed E-state index contributed by atoms with van der Waals surface area (Å²) >= 11 is 3.26. The molecule has 2 aromatic heterocycles. The summed E-state index contributed by atoms with van der Waals surface area (Å²) in [5.41, 5.74) is 2.87. The van der Waals surface area contributed by atoms with Gasteiger partial charge in [-0.1, -0.05) is 0 Å². The van der Waals surface area contributed by atoms with Gasteiger partial charge in [0.05, 0.1) is 25.7 Å². The number of aromatic nitrogens is 2. The maximum absolute atomic E-state index is 11.7. The van der Waals surface area contributed by atoms with Crippen LogP contribution in [0.1, 0.15) is 40.3 Å². The Morgan fingerprint density at radius 1 is 1.50 bits per heavy atom. The number of rotatable bonds is 3. The molecule has 0 amide bonds. The Morgan fingerprint density at radius 3 is 3.10 bits per heavy atom. The van der Waals surface area contributed by atoms with Gasteiger partial charge in [0, 0.05) is 11.8 Å². The average Bonchev–Trinajstić information content (AvgIpc) is 3.03.